The predicted octanol–water partition coefficient (Wildman–Crippen LogP) is 4.57. The third kappa shape index (κ3) is 5.41. The van der Waals surface area contributed by atoms with Gasteiger partial charge in [0.1, 0.15) is 16.5 Å². The molecule has 0 atom stereocenters. The normalized spacial score (nSPS) is 13.9. The second kappa shape index (κ2) is 10.6. The van der Waals surface area contributed by atoms with Crippen molar-refractivity contribution in [3.8, 4) is 0 Å². The average molecular weight is 571 g/mol. The maximum absolute atomic E-state index is 14.2. The van der Waals surface area contributed by atoms with Gasteiger partial charge in [0, 0.05) is 49.0 Å². The molecule has 12 heteroatoms. The monoisotopic (exact) mass is 570 g/mol. The van der Waals surface area contributed by atoms with Gasteiger partial charge in [-0.3, -0.25) is 19.3 Å². The van der Waals surface area contributed by atoms with Crippen molar-refractivity contribution in [2.24, 2.45) is 0 Å². The molecule has 0 spiro atoms. The largest absolute Gasteiger partial charge is 0.335 e. The predicted molar refractivity (Wildman–Crippen MR) is 142 cm³/mol. The van der Waals surface area contributed by atoms with Gasteiger partial charge in [0.15, 0.2) is 0 Å². The van der Waals surface area contributed by atoms with Crippen LogP contribution >= 0.6 is 11.6 Å². The molecule has 1 aliphatic rings. The number of para-hydroxylation sites is 1. The lowest BCUT2D eigenvalue weighted by molar-refractivity contribution is 0.0532. The number of benzene rings is 3. The molecule has 0 bridgehead atoms. The van der Waals surface area contributed by atoms with Crippen molar-refractivity contribution in [1.29, 1.82) is 0 Å². The number of fused-ring (bicyclic) bond motifs is 1. The Kier molecular flexibility index (Phi) is 7.19. The molecule has 1 fully saturated rings. The molecule has 8 nitrogen and oxygen atoms in total. The van der Waals surface area contributed by atoms with Gasteiger partial charge < -0.3 is 9.80 Å². The highest BCUT2D eigenvalue weighted by Gasteiger charge is 2.28. The lowest BCUT2D eigenvalue weighted by atomic mass is 10.1. The van der Waals surface area contributed by atoms with Gasteiger partial charge in [0.2, 0.25) is 0 Å². The van der Waals surface area contributed by atoms with Crippen molar-refractivity contribution in [2.45, 2.75) is 4.90 Å². The van der Waals surface area contributed by atoms with E-state index < -0.39 is 38.2 Å². The molecular weight excluding hydrogens is 550 g/mol. The van der Waals surface area contributed by atoms with Crippen LogP contribution in [0.4, 0.5) is 14.5 Å². The highest BCUT2D eigenvalue weighted by Crippen LogP contribution is 2.24. The number of piperazine rings is 1. The number of hydrogen-bond donors (Lipinski definition) is 1. The van der Waals surface area contributed by atoms with E-state index in [9.17, 15) is 26.8 Å². The van der Waals surface area contributed by atoms with Crippen molar-refractivity contribution in [1.82, 2.24) is 14.8 Å². The smallest absolute Gasteiger partial charge is 0.264 e. The number of halogens is 3. The Morgan fingerprint density at radius 1 is 0.846 bits per heavy atom. The molecular formula is C27H21ClF2N4O4S. The fraction of sp³-hybridized carbons (Fsp3) is 0.148. The molecule has 1 N–H and O–H groups in total. The Morgan fingerprint density at radius 3 is 2.18 bits per heavy atom. The van der Waals surface area contributed by atoms with Crippen LogP contribution in [0, 0.1) is 11.6 Å². The van der Waals surface area contributed by atoms with Crippen LogP contribution in [-0.4, -0.2) is 61.2 Å². The Labute approximate surface area is 227 Å². The van der Waals surface area contributed by atoms with Crippen LogP contribution in [0.5, 0.6) is 0 Å². The quantitative estimate of drug-likeness (QED) is 0.355. The van der Waals surface area contributed by atoms with Crippen LogP contribution in [-0.2, 0) is 10.0 Å². The molecule has 1 saturated heterocycles. The molecule has 2 heterocycles. The number of rotatable bonds is 5. The van der Waals surface area contributed by atoms with E-state index in [0.717, 1.165) is 12.1 Å². The average Bonchev–Trinajstić information content (AvgIpc) is 2.94. The number of amides is 2. The fourth-order valence-electron chi connectivity index (χ4n) is 4.34. The molecule has 0 radical (unpaired) electrons. The summed E-state index contributed by atoms with van der Waals surface area (Å²) >= 11 is 5.56. The molecule has 0 aliphatic carbocycles. The summed E-state index contributed by atoms with van der Waals surface area (Å²) in [5.74, 6) is -2.81. The van der Waals surface area contributed by atoms with E-state index in [-0.39, 0.29) is 42.7 Å². The van der Waals surface area contributed by atoms with Crippen molar-refractivity contribution < 1.29 is 26.8 Å². The molecule has 5 rings (SSSR count). The first-order chi connectivity index (χ1) is 18.6. The molecule has 1 aromatic heterocycles. The number of carbonyl (C=O) groups is 2. The summed E-state index contributed by atoms with van der Waals surface area (Å²) in [6.45, 7) is 0.631. The van der Waals surface area contributed by atoms with Crippen molar-refractivity contribution in [3.63, 3.8) is 0 Å². The zero-order chi connectivity index (χ0) is 27.7. The number of nitrogens with one attached hydrogen (secondary N) is 1. The number of hydrogen-bond acceptors (Lipinski definition) is 5. The van der Waals surface area contributed by atoms with Crippen LogP contribution in [0.1, 0.15) is 20.7 Å². The van der Waals surface area contributed by atoms with E-state index >= 15 is 0 Å². The Morgan fingerprint density at radius 2 is 1.49 bits per heavy atom. The molecule has 2 amide bonds. The third-order valence-corrected chi connectivity index (χ3v) is 8.07. The molecule has 3 aromatic carbocycles. The third-order valence-electron chi connectivity index (χ3n) is 6.36. The maximum atomic E-state index is 14.2. The number of pyridine rings is 1. The van der Waals surface area contributed by atoms with Gasteiger partial charge in [-0.15, -0.1) is 0 Å². The van der Waals surface area contributed by atoms with Gasteiger partial charge in [-0.05, 0) is 48.5 Å². The molecule has 200 valence electrons. The number of anilines is 1. The van der Waals surface area contributed by atoms with Crippen LogP contribution in [0.3, 0.4) is 0 Å². The van der Waals surface area contributed by atoms with Gasteiger partial charge >= 0.3 is 0 Å². The highest BCUT2D eigenvalue weighted by molar-refractivity contribution is 7.93. The number of sulfonamides is 1. The van der Waals surface area contributed by atoms with Gasteiger partial charge in [-0.1, -0.05) is 29.8 Å². The van der Waals surface area contributed by atoms with E-state index in [1.807, 2.05) is 0 Å². The maximum Gasteiger partial charge on any atom is 0.264 e. The molecule has 0 unspecified atom stereocenters. The Hall–Kier alpha value is -4.09. The fourth-order valence-corrected chi connectivity index (χ4v) is 5.73. The Bertz CT molecular complexity index is 1690. The minimum Gasteiger partial charge on any atom is -0.335 e. The highest BCUT2D eigenvalue weighted by atomic mass is 35.5. The van der Waals surface area contributed by atoms with Crippen LogP contribution in [0.15, 0.2) is 77.8 Å². The van der Waals surface area contributed by atoms with E-state index in [1.165, 1.54) is 46.3 Å². The zero-order valence-electron chi connectivity index (χ0n) is 20.3. The van der Waals surface area contributed by atoms with Gasteiger partial charge in [-0.25, -0.2) is 17.2 Å². The topological polar surface area (TPSA) is 99.7 Å². The second-order valence-electron chi connectivity index (χ2n) is 8.84. The second-order valence-corrected chi connectivity index (χ2v) is 10.9. The van der Waals surface area contributed by atoms with Crippen molar-refractivity contribution in [3.05, 3.63) is 101 Å². The molecule has 4 aromatic rings. The summed E-state index contributed by atoms with van der Waals surface area (Å²) in [6.07, 6.45) is 1.52. The number of aromatic nitrogens is 1. The summed E-state index contributed by atoms with van der Waals surface area (Å²) in [4.78, 5) is 32.8. The van der Waals surface area contributed by atoms with E-state index in [4.69, 9.17) is 11.6 Å². The SMILES string of the molecule is O=C(c1ccc(NS(=O)(=O)c2cccc3cccnc23)cc1)N1CCN(C(=O)c2cc(F)c(Cl)cc2F)CC1. The molecule has 0 saturated carbocycles. The van der Waals surface area contributed by atoms with E-state index in [1.54, 1.807) is 24.3 Å². The Balaban J connectivity index is 1.23. The standard InChI is InChI=1S/C27H21ClF2N4O4S/c28-21-16-22(29)20(15-23(21)30)27(36)34-13-11-33(12-14-34)26(35)18-6-8-19(9-7-18)32-39(37,38)24-5-1-3-17-4-2-10-31-25(17)24/h1-10,15-16,32H,11-14H2. The lowest BCUT2D eigenvalue weighted by Crippen LogP contribution is -2.50. The number of nitrogens with zero attached hydrogens (tertiary/aromatic N) is 3. The van der Waals surface area contributed by atoms with E-state index in [2.05, 4.69) is 9.71 Å². The van der Waals surface area contributed by atoms with Crippen molar-refractivity contribution in [2.75, 3.05) is 30.9 Å². The summed E-state index contributed by atoms with van der Waals surface area (Å²) in [5.41, 5.74) is 0.525. The van der Waals surface area contributed by atoms with Crippen molar-refractivity contribution >= 4 is 50.0 Å². The first kappa shape index (κ1) is 26.5. The molecule has 1 aliphatic heterocycles. The van der Waals surface area contributed by atoms with E-state index in [0.29, 0.717) is 16.5 Å². The molecule has 39 heavy (non-hydrogen) atoms. The first-order valence-corrected chi connectivity index (χ1v) is 13.7. The van der Waals surface area contributed by atoms with Crippen LogP contribution in [0.25, 0.3) is 10.9 Å². The lowest BCUT2D eigenvalue weighted by Gasteiger charge is -2.35. The van der Waals surface area contributed by atoms with Crippen LogP contribution < -0.4 is 4.72 Å². The van der Waals surface area contributed by atoms with Gasteiger partial charge in [0.05, 0.1) is 16.1 Å². The minimum absolute atomic E-state index is 0.0365. The summed E-state index contributed by atoms with van der Waals surface area (Å²) in [7, 11) is -3.94. The summed E-state index contributed by atoms with van der Waals surface area (Å²) in [5, 5.41) is 0.275. The summed E-state index contributed by atoms with van der Waals surface area (Å²) in [6, 6.07) is 15.9. The number of carbonyl (C=O) groups excluding carboxylic acids is 2. The van der Waals surface area contributed by atoms with Gasteiger partial charge in [0.25, 0.3) is 21.8 Å². The van der Waals surface area contributed by atoms with Gasteiger partial charge in [-0.2, -0.15) is 0 Å². The first-order valence-electron chi connectivity index (χ1n) is 11.8. The zero-order valence-corrected chi connectivity index (χ0v) is 21.8. The summed E-state index contributed by atoms with van der Waals surface area (Å²) < 4.78 is 56.5. The minimum atomic E-state index is -3.94. The van der Waals surface area contributed by atoms with Crippen LogP contribution in [0.2, 0.25) is 5.02 Å².